The van der Waals surface area contributed by atoms with Gasteiger partial charge in [0, 0.05) is 18.0 Å². The average molecular weight is 381 g/mol. The predicted molar refractivity (Wildman–Crippen MR) is 106 cm³/mol. The Morgan fingerprint density at radius 1 is 1.28 bits per heavy atom. The first kappa shape index (κ1) is 19.8. The fourth-order valence-corrected chi connectivity index (χ4v) is 4.29. The van der Waals surface area contributed by atoms with Crippen LogP contribution in [0.5, 0.6) is 5.75 Å². The average Bonchev–Trinajstić information content (AvgIpc) is 3.07. The first-order valence-corrected chi connectivity index (χ1v) is 9.21. The number of nitrogens with one attached hydrogen (secondary N) is 1. The van der Waals surface area contributed by atoms with E-state index in [2.05, 4.69) is 17.4 Å². The van der Waals surface area contributed by atoms with Crippen LogP contribution in [0.15, 0.2) is 36.4 Å². The minimum absolute atomic E-state index is 0. The zero-order chi connectivity index (χ0) is 16.9. The molecule has 0 aliphatic carbocycles. The lowest BCUT2D eigenvalue weighted by Crippen LogP contribution is -2.40. The number of likely N-dealkylation sites (tertiary alicyclic amines) is 1. The van der Waals surface area contributed by atoms with Crippen LogP contribution in [-0.2, 0) is 0 Å². The number of hydrogen-bond donors (Lipinski definition) is 1. The molecule has 136 valence electrons. The van der Waals surface area contributed by atoms with Gasteiger partial charge >= 0.3 is 0 Å². The predicted octanol–water partition coefficient (Wildman–Crippen LogP) is 3.92. The zero-order valence-electron chi connectivity index (χ0n) is 14.7. The lowest BCUT2D eigenvalue weighted by molar-refractivity contribution is 0.0693. The molecule has 0 radical (unpaired) electrons. The Morgan fingerprint density at radius 2 is 1.96 bits per heavy atom. The summed E-state index contributed by atoms with van der Waals surface area (Å²) in [4.78, 5) is 16.7. The smallest absolute Gasteiger partial charge is 0.267 e. The van der Waals surface area contributed by atoms with E-state index in [1.165, 1.54) is 11.3 Å². The second kappa shape index (κ2) is 9.22. The normalized spacial score (nSPS) is 14.9. The Hall–Kier alpha value is -1.56. The number of carbonyl (C=O) groups excluding carboxylic acids is 1. The maximum absolute atomic E-state index is 12.9. The van der Waals surface area contributed by atoms with Gasteiger partial charge in [-0.15, -0.1) is 23.7 Å². The molecule has 0 atom stereocenters. The summed E-state index contributed by atoms with van der Waals surface area (Å²) in [7, 11) is 3.62. The second-order valence-corrected chi connectivity index (χ2v) is 7.22. The van der Waals surface area contributed by atoms with Crippen LogP contribution >= 0.6 is 23.7 Å². The number of nitrogens with zero attached hydrogens (tertiary/aromatic N) is 1. The number of halogens is 1. The van der Waals surface area contributed by atoms with Crippen molar-refractivity contribution in [3.05, 3.63) is 41.3 Å². The number of rotatable bonds is 5. The molecule has 0 spiro atoms. The highest BCUT2D eigenvalue weighted by Crippen LogP contribution is 2.37. The summed E-state index contributed by atoms with van der Waals surface area (Å²) in [5.74, 6) is 1.45. The molecule has 1 aliphatic rings. The highest BCUT2D eigenvalue weighted by molar-refractivity contribution is 7.17. The van der Waals surface area contributed by atoms with Crippen molar-refractivity contribution in [2.24, 2.45) is 5.92 Å². The van der Waals surface area contributed by atoms with Crippen molar-refractivity contribution in [1.29, 1.82) is 0 Å². The van der Waals surface area contributed by atoms with E-state index in [-0.39, 0.29) is 18.3 Å². The van der Waals surface area contributed by atoms with Crippen LogP contribution in [0, 0.1) is 5.92 Å². The number of ether oxygens (including phenoxy) is 1. The van der Waals surface area contributed by atoms with Crippen molar-refractivity contribution in [3.8, 4) is 16.2 Å². The van der Waals surface area contributed by atoms with Crippen molar-refractivity contribution in [1.82, 2.24) is 10.2 Å². The highest BCUT2D eigenvalue weighted by atomic mass is 35.5. The molecule has 1 N–H and O–H groups in total. The van der Waals surface area contributed by atoms with Gasteiger partial charge in [-0.3, -0.25) is 4.79 Å². The molecule has 2 heterocycles. The van der Waals surface area contributed by atoms with Gasteiger partial charge in [-0.05, 0) is 44.0 Å². The van der Waals surface area contributed by atoms with Gasteiger partial charge in [-0.1, -0.05) is 30.3 Å². The fraction of sp³-hybridized carbons (Fsp3) is 0.421. The third-order valence-electron chi connectivity index (χ3n) is 4.57. The molecule has 2 aromatic rings. The Labute approximate surface area is 159 Å². The van der Waals surface area contributed by atoms with Gasteiger partial charge < -0.3 is 15.0 Å². The molecule has 0 saturated carbocycles. The van der Waals surface area contributed by atoms with Gasteiger partial charge in [0.1, 0.15) is 10.6 Å². The summed E-state index contributed by atoms with van der Waals surface area (Å²) >= 11 is 1.52. The Kier molecular flexibility index (Phi) is 7.29. The van der Waals surface area contributed by atoms with E-state index in [1.54, 1.807) is 7.11 Å². The lowest BCUT2D eigenvalue weighted by Gasteiger charge is -2.31. The third-order valence-corrected chi connectivity index (χ3v) is 5.72. The topological polar surface area (TPSA) is 41.6 Å². The van der Waals surface area contributed by atoms with Gasteiger partial charge in [0.25, 0.3) is 5.91 Å². The van der Waals surface area contributed by atoms with Crippen LogP contribution in [0.1, 0.15) is 22.5 Å². The summed E-state index contributed by atoms with van der Waals surface area (Å²) in [6.45, 7) is 2.68. The third kappa shape index (κ3) is 4.54. The van der Waals surface area contributed by atoms with Gasteiger partial charge in [0.05, 0.1) is 7.11 Å². The van der Waals surface area contributed by atoms with Crippen LogP contribution < -0.4 is 10.1 Å². The Bertz CT molecular complexity index is 682. The zero-order valence-corrected chi connectivity index (χ0v) is 16.3. The monoisotopic (exact) mass is 380 g/mol. The SMILES string of the molecule is CNCC1CCN(C(=O)c2sc(-c3ccccc3)cc2OC)CC1.Cl. The van der Waals surface area contributed by atoms with Crippen LogP contribution in [0.2, 0.25) is 0 Å². The number of methoxy groups -OCH3 is 1. The van der Waals surface area contributed by atoms with Crippen LogP contribution in [-0.4, -0.2) is 44.6 Å². The minimum atomic E-state index is 0. The van der Waals surface area contributed by atoms with Crippen molar-refractivity contribution < 1.29 is 9.53 Å². The quantitative estimate of drug-likeness (QED) is 0.854. The molecule has 1 fully saturated rings. The standard InChI is InChI=1S/C19H24N2O2S.ClH/c1-20-13-14-8-10-21(11-9-14)19(22)18-16(23-2)12-17(24-18)15-6-4-3-5-7-15;/h3-7,12,14,20H,8-11,13H2,1-2H3;1H. The maximum Gasteiger partial charge on any atom is 0.267 e. The van der Waals surface area contributed by atoms with Crippen molar-refractivity contribution in [2.45, 2.75) is 12.8 Å². The number of benzene rings is 1. The molecule has 1 saturated heterocycles. The van der Waals surface area contributed by atoms with E-state index in [0.29, 0.717) is 16.5 Å². The summed E-state index contributed by atoms with van der Waals surface area (Å²) < 4.78 is 5.47. The van der Waals surface area contributed by atoms with Crippen molar-refractivity contribution in [2.75, 3.05) is 33.8 Å². The largest absolute Gasteiger partial charge is 0.495 e. The summed E-state index contributed by atoms with van der Waals surface area (Å²) in [5, 5.41) is 3.23. The molecule has 1 aromatic heterocycles. The van der Waals surface area contributed by atoms with E-state index in [4.69, 9.17) is 4.74 Å². The summed E-state index contributed by atoms with van der Waals surface area (Å²) in [5.41, 5.74) is 1.12. The van der Waals surface area contributed by atoms with Crippen LogP contribution in [0.25, 0.3) is 10.4 Å². The van der Waals surface area contributed by atoms with Gasteiger partial charge in [-0.2, -0.15) is 0 Å². The minimum Gasteiger partial charge on any atom is -0.495 e. The fourth-order valence-electron chi connectivity index (χ4n) is 3.19. The number of amides is 1. The number of thiophene rings is 1. The van der Waals surface area contributed by atoms with Gasteiger partial charge in [0.2, 0.25) is 0 Å². The van der Waals surface area contributed by atoms with Crippen LogP contribution in [0.4, 0.5) is 0 Å². The highest BCUT2D eigenvalue weighted by Gasteiger charge is 2.27. The number of carbonyl (C=O) groups is 1. The van der Waals surface area contributed by atoms with Gasteiger partial charge in [0.15, 0.2) is 0 Å². The molecule has 1 aromatic carbocycles. The number of piperidine rings is 1. The van der Waals surface area contributed by atoms with E-state index in [0.717, 1.165) is 42.9 Å². The molecule has 0 bridgehead atoms. The molecule has 1 aliphatic heterocycles. The molecule has 3 rings (SSSR count). The van der Waals surface area contributed by atoms with E-state index >= 15 is 0 Å². The van der Waals surface area contributed by atoms with Crippen molar-refractivity contribution >= 4 is 29.7 Å². The first-order valence-electron chi connectivity index (χ1n) is 8.40. The van der Waals surface area contributed by atoms with E-state index in [9.17, 15) is 4.79 Å². The first-order chi connectivity index (χ1) is 11.7. The molecule has 0 unspecified atom stereocenters. The molecule has 25 heavy (non-hydrogen) atoms. The van der Waals surface area contributed by atoms with Gasteiger partial charge in [-0.25, -0.2) is 0 Å². The summed E-state index contributed by atoms with van der Waals surface area (Å²) in [6.07, 6.45) is 2.12. The molecule has 4 nitrogen and oxygen atoms in total. The number of hydrogen-bond acceptors (Lipinski definition) is 4. The maximum atomic E-state index is 12.9. The Balaban J connectivity index is 0.00000225. The Morgan fingerprint density at radius 3 is 2.56 bits per heavy atom. The molecular weight excluding hydrogens is 356 g/mol. The van der Waals surface area contributed by atoms with E-state index in [1.807, 2.05) is 36.2 Å². The van der Waals surface area contributed by atoms with Crippen LogP contribution in [0.3, 0.4) is 0 Å². The second-order valence-electron chi connectivity index (χ2n) is 6.17. The molecular formula is C19H25ClN2O2S. The molecule has 1 amide bonds. The molecule has 6 heteroatoms. The van der Waals surface area contributed by atoms with E-state index < -0.39 is 0 Å². The summed E-state index contributed by atoms with van der Waals surface area (Å²) in [6, 6.07) is 12.1. The lowest BCUT2D eigenvalue weighted by atomic mass is 9.97. The van der Waals surface area contributed by atoms with Crippen molar-refractivity contribution in [3.63, 3.8) is 0 Å².